The lowest BCUT2D eigenvalue weighted by molar-refractivity contribution is -0.137. The van der Waals surface area contributed by atoms with Crippen molar-refractivity contribution >= 4 is 33.2 Å². The fourth-order valence-electron chi connectivity index (χ4n) is 1.71. The molecule has 0 aromatic heterocycles. The van der Waals surface area contributed by atoms with Crippen molar-refractivity contribution < 1.29 is 17.6 Å². The zero-order valence-electron chi connectivity index (χ0n) is 10.4. The highest BCUT2D eigenvalue weighted by Gasteiger charge is 2.31. The first-order valence-electron chi connectivity index (χ1n) is 5.82. The standard InChI is InChI=1S/C14H9BrClF4N/c15-11-3-2-10(16)5-8(11)7-21-13-6-9(14(18,19)20)1-4-12(13)17/h1-6,21H,7H2. The lowest BCUT2D eigenvalue weighted by Crippen LogP contribution is -2.08. The van der Waals surface area contributed by atoms with E-state index in [-0.39, 0.29) is 12.2 Å². The molecular formula is C14H9BrClF4N. The molecule has 0 heterocycles. The molecular weight excluding hydrogens is 374 g/mol. The summed E-state index contributed by atoms with van der Waals surface area (Å²) in [5.74, 6) is -0.749. The van der Waals surface area contributed by atoms with Gasteiger partial charge in [0.15, 0.2) is 0 Å². The van der Waals surface area contributed by atoms with Crippen LogP contribution in [0.3, 0.4) is 0 Å². The number of nitrogens with one attached hydrogen (secondary N) is 1. The van der Waals surface area contributed by atoms with E-state index in [0.29, 0.717) is 16.7 Å². The molecule has 0 amide bonds. The number of halogens is 6. The van der Waals surface area contributed by atoms with Crippen LogP contribution in [0.1, 0.15) is 11.1 Å². The van der Waals surface area contributed by atoms with Gasteiger partial charge in [-0.1, -0.05) is 27.5 Å². The van der Waals surface area contributed by atoms with Crippen molar-refractivity contribution in [2.75, 3.05) is 5.32 Å². The molecule has 0 saturated carbocycles. The minimum Gasteiger partial charge on any atom is -0.379 e. The van der Waals surface area contributed by atoms with E-state index in [9.17, 15) is 17.6 Å². The highest BCUT2D eigenvalue weighted by molar-refractivity contribution is 9.10. The molecule has 0 saturated heterocycles. The molecule has 0 atom stereocenters. The van der Waals surface area contributed by atoms with Crippen molar-refractivity contribution in [1.29, 1.82) is 0 Å². The normalized spacial score (nSPS) is 11.5. The zero-order chi connectivity index (χ0) is 15.6. The SMILES string of the molecule is Fc1ccc(C(F)(F)F)cc1NCc1cc(Cl)ccc1Br. The van der Waals surface area contributed by atoms with Crippen LogP contribution in [-0.2, 0) is 12.7 Å². The monoisotopic (exact) mass is 381 g/mol. The minimum absolute atomic E-state index is 0.138. The molecule has 21 heavy (non-hydrogen) atoms. The van der Waals surface area contributed by atoms with Gasteiger partial charge in [-0.2, -0.15) is 13.2 Å². The summed E-state index contributed by atoms with van der Waals surface area (Å²) < 4.78 is 52.1. The third-order valence-corrected chi connectivity index (χ3v) is 3.78. The van der Waals surface area contributed by atoms with Gasteiger partial charge in [0, 0.05) is 16.0 Å². The Kier molecular flexibility index (Phi) is 4.78. The second-order valence-corrected chi connectivity index (χ2v) is 5.57. The van der Waals surface area contributed by atoms with Gasteiger partial charge in [0.1, 0.15) is 5.82 Å². The van der Waals surface area contributed by atoms with Gasteiger partial charge in [0.2, 0.25) is 0 Å². The van der Waals surface area contributed by atoms with Crippen LogP contribution >= 0.6 is 27.5 Å². The fourth-order valence-corrected chi connectivity index (χ4v) is 2.29. The second-order valence-electron chi connectivity index (χ2n) is 4.28. The molecule has 1 N–H and O–H groups in total. The Hall–Kier alpha value is -1.27. The van der Waals surface area contributed by atoms with E-state index in [2.05, 4.69) is 21.2 Å². The first kappa shape index (κ1) is 16.1. The lowest BCUT2D eigenvalue weighted by Gasteiger charge is -2.12. The fraction of sp³-hybridized carbons (Fsp3) is 0.143. The van der Waals surface area contributed by atoms with Crippen LogP contribution < -0.4 is 5.32 Å². The first-order chi connectivity index (χ1) is 9.77. The summed E-state index contributed by atoms with van der Waals surface area (Å²) in [5.41, 5.74) is -0.410. The average molecular weight is 383 g/mol. The summed E-state index contributed by atoms with van der Waals surface area (Å²) in [6, 6.07) is 7.26. The van der Waals surface area contributed by atoms with E-state index >= 15 is 0 Å². The second kappa shape index (κ2) is 6.23. The Morgan fingerprint density at radius 1 is 1.10 bits per heavy atom. The minimum atomic E-state index is -4.51. The highest BCUT2D eigenvalue weighted by Crippen LogP contribution is 2.32. The van der Waals surface area contributed by atoms with E-state index in [1.165, 1.54) is 0 Å². The molecule has 0 aliphatic heterocycles. The predicted octanol–water partition coefficient (Wildman–Crippen LogP) is 5.87. The van der Waals surface area contributed by atoms with Gasteiger partial charge in [0.05, 0.1) is 11.3 Å². The molecule has 0 unspecified atom stereocenters. The quantitative estimate of drug-likeness (QED) is 0.654. The van der Waals surface area contributed by atoms with E-state index in [1.807, 2.05) is 0 Å². The van der Waals surface area contributed by atoms with E-state index in [4.69, 9.17) is 11.6 Å². The van der Waals surface area contributed by atoms with Gasteiger partial charge in [-0.25, -0.2) is 4.39 Å². The van der Waals surface area contributed by atoms with Crippen molar-refractivity contribution in [1.82, 2.24) is 0 Å². The number of rotatable bonds is 3. The van der Waals surface area contributed by atoms with Crippen molar-refractivity contribution in [3.05, 3.63) is 62.8 Å². The molecule has 0 bridgehead atoms. The molecule has 112 valence electrons. The maximum absolute atomic E-state index is 13.6. The van der Waals surface area contributed by atoms with Crippen LogP contribution in [0.15, 0.2) is 40.9 Å². The third-order valence-electron chi connectivity index (χ3n) is 2.77. The molecule has 2 aromatic carbocycles. The number of benzene rings is 2. The van der Waals surface area contributed by atoms with E-state index < -0.39 is 17.6 Å². The molecule has 2 rings (SSSR count). The highest BCUT2D eigenvalue weighted by atomic mass is 79.9. The van der Waals surface area contributed by atoms with Crippen LogP contribution in [0.4, 0.5) is 23.2 Å². The molecule has 0 spiro atoms. The Bertz CT molecular complexity index is 658. The van der Waals surface area contributed by atoms with Crippen molar-refractivity contribution in [2.45, 2.75) is 12.7 Å². The summed E-state index contributed by atoms with van der Waals surface area (Å²) in [4.78, 5) is 0. The summed E-state index contributed by atoms with van der Waals surface area (Å²) in [7, 11) is 0. The smallest absolute Gasteiger partial charge is 0.379 e. The number of anilines is 1. The summed E-state index contributed by atoms with van der Waals surface area (Å²) >= 11 is 9.14. The van der Waals surface area contributed by atoms with Gasteiger partial charge in [-0.3, -0.25) is 0 Å². The first-order valence-corrected chi connectivity index (χ1v) is 6.99. The Morgan fingerprint density at radius 2 is 1.81 bits per heavy atom. The third kappa shape index (κ3) is 4.11. The Labute approximate surface area is 132 Å². The summed E-state index contributed by atoms with van der Waals surface area (Å²) in [6.07, 6.45) is -4.51. The molecule has 0 radical (unpaired) electrons. The maximum atomic E-state index is 13.6. The molecule has 7 heteroatoms. The number of alkyl halides is 3. The number of hydrogen-bond acceptors (Lipinski definition) is 1. The molecule has 0 fully saturated rings. The Morgan fingerprint density at radius 3 is 2.48 bits per heavy atom. The average Bonchev–Trinajstić information content (AvgIpc) is 2.40. The van der Waals surface area contributed by atoms with Crippen molar-refractivity contribution in [3.8, 4) is 0 Å². The van der Waals surface area contributed by atoms with Crippen LogP contribution in [0.5, 0.6) is 0 Å². The molecule has 0 aliphatic rings. The molecule has 1 nitrogen and oxygen atoms in total. The molecule has 2 aromatic rings. The topological polar surface area (TPSA) is 12.0 Å². The maximum Gasteiger partial charge on any atom is 0.416 e. The number of hydrogen-bond donors (Lipinski definition) is 1. The largest absolute Gasteiger partial charge is 0.416 e. The van der Waals surface area contributed by atoms with Gasteiger partial charge < -0.3 is 5.32 Å². The lowest BCUT2D eigenvalue weighted by atomic mass is 10.1. The van der Waals surface area contributed by atoms with Crippen LogP contribution in [0.25, 0.3) is 0 Å². The van der Waals surface area contributed by atoms with Gasteiger partial charge in [-0.05, 0) is 42.0 Å². The van der Waals surface area contributed by atoms with E-state index in [0.717, 1.165) is 16.6 Å². The summed E-state index contributed by atoms with van der Waals surface area (Å²) in [6.45, 7) is 0.138. The van der Waals surface area contributed by atoms with Crippen LogP contribution in [0.2, 0.25) is 5.02 Å². The predicted molar refractivity (Wildman–Crippen MR) is 77.9 cm³/mol. The Balaban J connectivity index is 2.22. The van der Waals surface area contributed by atoms with Gasteiger partial charge in [-0.15, -0.1) is 0 Å². The van der Waals surface area contributed by atoms with E-state index in [1.54, 1.807) is 18.2 Å². The van der Waals surface area contributed by atoms with Gasteiger partial charge >= 0.3 is 6.18 Å². The zero-order valence-corrected chi connectivity index (χ0v) is 12.8. The van der Waals surface area contributed by atoms with Crippen molar-refractivity contribution in [2.24, 2.45) is 0 Å². The van der Waals surface area contributed by atoms with Crippen molar-refractivity contribution in [3.63, 3.8) is 0 Å². The van der Waals surface area contributed by atoms with Crippen LogP contribution in [-0.4, -0.2) is 0 Å². The summed E-state index contributed by atoms with van der Waals surface area (Å²) in [5, 5.41) is 3.13. The van der Waals surface area contributed by atoms with Gasteiger partial charge in [0.25, 0.3) is 0 Å². The molecule has 0 aliphatic carbocycles. The van der Waals surface area contributed by atoms with Crippen LogP contribution in [0, 0.1) is 5.82 Å².